The fourth-order valence-electron chi connectivity index (χ4n) is 5.45. The summed E-state index contributed by atoms with van der Waals surface area (Å²) in [6.45, 7) is 7.62. The molecule has 2 unspecified atom stereocenters. The molecule has 5 rings (SSSR count). The van der Waals surface area contributed by atoms with Crippen molar-refractivity contribution in [3.05, 3.63) is 76.3 Å². The van der Waals surface area contributed by atoms with Gasteiger partial charge in [-0.15, -0.1) is 0 Å². The molecule has 34 heavy (non-hydrogen) atoms. The summed E-state index contributed by atoms with van der Waals surface area (Å²) in [5.74, 6) is 2.06. The second-order valence-electron chi connectivity index (χ2n) is 9.90. The number of nitrogens with zero attached hydrogens (tertiary/aromatic N) is 5. The van der Waals surface area contributed by atoms with E-state index in [1.165, 1.54) is 37.1 Å². The Hall–Kier alpha value is -2.99. The van der Waals surface area contributed by atoms with Crippen LogP contribution < -0.4 is 10.5 Å². The van der Waals surface area contributed by atoms with E-state index in [1.807, 2.05) is 19.2 Å². The summed E-state index contributed by atoms with van der Waals surface area (Å²) in [5.41, 5.74) is 4.38. The van der Waals surface area contributed by atoms with E-state index in [4.69, 9.17) is 4.98 Å². The molecule has 2 aliphatic rings. The average molecular weight is 458 g/mol. The normalized spacial score (nSPS) is 21.2. The number of hydrogen-bond donors (Lipinski definition) is 0. The van der Waals surface area contributed by atoms with Crippen LogP contribution in [0.4, 0.5) is 5.95 Å². The van der Waals surface area contributed by atoms with Crippen molar-refractivity contribution in [2.45, 2.75) is 45.1 Å². The Balaban J connectivity index is 1.31. The molecule has 0 amide bonds. The van der Waals surface area contributed by atoms with E-state index in [9.17, 15) is 4.79 Å². The van der Waals surface area contributed by atoms with Gasteiger partial charge < -0.3 is 4.90 Å². The molecule has 6 heteroatoms. The molecule has 0 spiro atoms. The third-order valence-electron chi connectivity index (χ3n) is 7.60. The van der Waals surface area contributed by atoms with Crippen molar-refractivity contribution in [1.82, 2.24) is 19.4 Å². The lowest BCUT2D eigenvalue weighted by Gasteiger charge is -2.34. The molecule has 2 aliphatic heterocycles. The van der Waals surface area contributed by atoms with Gasteiger partial charge in [0.25, 0.3) is 5.56 Å². The van der Waals surface area contributed by atoms with Crippen LogP contribution in [0, 0.1) is 5.92 Å². The predicted octanol–water partition coefficient (Wildman–Crippen LogP) is 4.46. The minimum atomic E-state index is -0.0319. The molecule has 0 N–H and O–H groups in total. The number of anilines is 1. The highest BCUT2D eigenvalue weighted by molar-refractivity contribution is 5.59. The summed E-state index contributed by atoms with van der Waals surface area (Å²) in [4.78, 5) is 26.6. The van der Waals surface area contributed by atoms with Gasteiger partial charge in [-0.2, -0.15) is 0 Å². The van der Waals surface area contributed by atoms with Crippen LogP contribution in [0.15, 0.2) is 59.7 Å². The van der Waals surface area contributed by atoms with Gasteiger partial charge in [0.1, 0.15) is 0 Å². The van der Waals surface area contributed by atoms with E-state index in [0.29, 0.717) is 11.6 Å². The topological polar surface area (TPSA) is 54.3 Å². The van der Waals surface area contributed by atoms with Crippen molar-refractivity contribution in [2.24, 2.45) is 13.0 Å². The maximum atomic E-state index is 12.7. The number of benzene rings is 1. The summed E-state index contributed by atoms with van der Waals surface area (Å²) in [6, 6.07) is 14.7. The summed E-state index contributed by atoms with van der Waals surface area (Å²) >= 11 is 0. The predicted molar refractivity (Wildman–Crippen MR) is 137 cm³/mol. The van der Waals surface area contributed by atoms with Crippen molar-refractivity contribution in [1.29, 1.82) is 0 Å². The van der Waals surface area contributed by atoms with Gasteiger partial charge in [0.05, 0.1) is 5.69 Å². The lowest BCUT2D eigenvalue weighted by Crippen LogP contribution is -2.38. The van der Waals surface area contributed by atoms with Crippen molar-refractivity contribution in [3.63, 3.8) is 0 Å². The second kappa shape index (κ2) is 10.1. The third kappa shape index (κ3) is 4.92. The smallest absolute Gasteiger partial charge is 0.255 e. The van der Waals surface area contributed by atoms with Gasteiger partial charge in [-0.3, -0.25) is 19.2 Å². The molecule has 3 aromatic rings. The molecular weight excluding hydrogens is 422 g/mol. The molecule has 178 valence electrons. The first-order valence-electron chi connectivity index (χ1n) is 12.7. The molecule has 0 bridgehead atoms. The van der Waals surface area contributed by atoms with Crippen molar-refractivity contribution < 1.29 is 0 Å². The Labute approximate surface area is 202 Å². The molecule has 6 nitrogen and oxygen atoms in total. The van der Waals surface area contributed by atoms with E-state index in [2.05, 4.69) is 46.0 Å². The Bertz CT molecular complexity index is 1160. The van der Waals surface area contributed by atoms with Gasteiger partial charge in [-0.25, -0.2) is 4.98 Å². The maximum absolute atomic E-state index is 12.7. The standard InChI is InChI=1S/C28H35N5O/c1-3-21-12-16-32(18-21)19-22-6-8-23(9-7-22)25-5-4-15-33(20-25)28-30-26(17-27(34)31(28)2)24-10-13-29-14-11-24/h6-11,13-14,17,21,25H,3-5,12,15-16,18-20H2,1-2H3. The first kappa shape index (κ1) is 22.8. The number of aromatic nitrogens is 3. The molecule has 2 atom stereocenters. The lowest BCUT2D eigenvalue weighted by atomic mass is 9.90. The number of rotatable bonds is 6. The molecule has 0 saturated carbocycles. The molecule has 0 radical (unpaired) electrons. The van der Waals surface area contributed by atoms with E-state index in [0.717, 1.165) is 49.9 Å². The maximum Gasteiger partial charge on any atom is 0.255 e. The van der Waals surface area contributed by atoms with Crippen LogP contribution in [0.2, 0.25) is 0 Å². The van der Waals surface area contributed by atoms with Crippen LogP contribution in [-0.2, 0) is 13.6 Å². The van der Waals surface area contributed by atoms with Crippen LogP contribution in [0.25, 0.3) is 11.3 Å². The van der Waals surface area contributed by atoms with Crippen molar-refractivity contribution in [2.75, 3.05) is 31.1 Å². The van der Waals surface area contributed by atoms with Crippen molar-refractivity contribution in [3.8, 4) is 11.3 Å². The van der Waals surface area contributed by atoms with Gasteiger partial charge in [0, 0.05) is 63.2 Å². The molecule has 1 aromatic carbocycles. The fraction of sp³-hybridized carbons (Fsp3) is 0.464. The number of hydrogen-bond acceptors (Lipinski definition) is 5. The number of piperidine rings is 1. The minimum absolute atomic E-state index is 0.0319. The molecule has 2 fully saturated rings. The molecule has 0 aliphatic carbocycles. The summed E-state index contributed by atoms with van der Waals surface area (Å²) in [5, 5.41) is 0. The number of pyridine rings is 1. The molecular formula is C28H35N5O. The minimum Gasteiger partial charge on any atom is -0.342 e. The first-order valence-corrected chi connectivity index (χ1v) is 12.7. The van der Waals surface area contributed by atoms with Gasteiger partial charge in [0.2, 0.25) is 5.95 Å². The monoisotopic (exact) mass is 457 g/mol. The van der Waals surface area contributed by atoms with Crippen LogP contribution in [0.3, 0.4) is 0 Å². The first-order chi connectivity index (χ1) is 16.6. The summed E-state index contributed by atoms with van der Waals surface area (Å²) < 4.78 is 1.68. The number of likely N-dealkylation sites (tertiary alicyclic amines) is 1. The lowest BCUT2D eigenvalue weighted by molar-refractivity contribution is 0.315. The van der Waals surface area contributed by atoms with Crippen LogP contribution in [0.1, 0.15) is 49.7 Å². The second-order valence-corrected chi connectivity index (χ2v) is 9.90. The molecule has 2 aromatic heterocycles. The van der Waals surface area contributed by atoms with E-state index in [1.54, 1.807) is 23.0 Å². The van der Waals surface area contributed by atoms with Gasteiger partial charge in [0.15, 0.2) is 0 Å². The Morgan fingerprint density at radius 3 is 2.53 bits per heavy atom. The van der Waals surface area contributed by atoms with E-state index in [-0.39, 0.29) is 5.56 Å². The summed E-state index contributed by atoms with van der Waals surface area (Å²) in [6.07, 6.45) is 8.36. The van der Waals surface area contributed by atoms with Crippen molar-refractivity contribution >= 4 is 5.95 Å². The summed E-state index contributed by atoms with van der Waals surface area (Å²) in [7, 11) is 1.82. The van der Waals surface area contributed by atoms with Crippen LogP contribution in [0.5, 0.6) is 0 Å². The van der Waals surface area contributed by atoms with Gasteiger partial charge >= 0.3 is 0 Å². The van der Waals surface area contributed by atoms with Gasteiger partial charge in [-0.1, -0.05) is 37.6 Å². The van der Waals surface area contributed by atoms with Crippen LogP contribution in [-0.4, -0.2) is 45.6 Å². The third-order valence-corrected chi connectivity index (χ3v) is 7.60. The molecule has 2 saturated heterocycles. The zero-order valence-corrected chi connectivity index (χ0v) is 20.4. The Morgan fingerprint density at radius 2 is 1.79 bits per heavy atom. The highest BCUT2D eigenvalue weighted by atomic mass is 16.1. The van der Waals surface area contributed by atoms with Crippen LogP contribution >= 0.6 is 0 Å². The molecule has 4 heterocycles. The highest BCUT2D eigenvalue weighted by Gasteiger charge is 2.25. The van der Waals surface area contributed by atoms with Gasteiger partial charge in [-0.05, 0) is 55.0 Å². The average Bonchev–Trinajstić information content (AvgIpc) is 3.34. The SMILES string of the molecule is CCC1CCN(Cc2ccc(C3CCCN(c4nc(-c5ccncc5)cc(=O)n4C)C3)cc2)C1. The van der Waals surface area contributed by atoms with E-state index < -0.39 is 0 Å². The highest BCUT2D eigenvalue weighted by Crippen LogP contribution is 2.30. The largest absolute Gasteiger partial charge is 0.342 e. The zero-order chi connectivity index (χ0) is 23.5. The quantitative estimate of drug-likeness (QED) is 0.547. The fourth-order valence-corrected chi connectivity index (χ4v) is 5.45. The van der Waals surface area contributed by atoms with E-state index >= 15 is 0 Å². The Morgan fingerprint density at radius 1 is 1.00 bits per heavy atom. The Kier molecular flexibility index (Phi) is 6.77. The zero-order valence-electron chi connectivity index (χ0n) is 20.4.